The Bertz CT molecular complexity index is 1320. The lowest BCUT2D eigenvalue weighted by atomic mass is 10.2. The van der Waals surface area contributed by atoms with E-state index in [1.54, 1.807) is 18.2 Å². The Labute approximate surface area is 180 Å². The van der Waals surface area contributed by atoms with Gasteiger partial charge < -0.3 is 4.52 Å². The summed E-state index contributed by atoms with van der Waals surface area (Å²) in [6.07, 6.45) is 2.16. The molecule has 1 atom stereocenters. The summed E-state index contributed by atoms with van der Waals surface area (Å²) < 4.78 is 20.6. The van der Waals surface area contributed by atoms with Crippen LogP contribution < -0.4 is 5.56 Å². The molecule has 1 saturated carbocycles. The predicted molar refractivity (Wildman–Crippen MR) is 113 cm³/mol. The molecule has 0 bridgehead atoms. The first-order valence-electron chi connectivity index (χ1n) is 9.48. The van der Waals surface area contributed by atoms with Gasteiger partial charge in [-0.25, -0.2) is 9.37 Å². The minimum absolute atomic E-state index is 0.0671. The number of benzene rings is 2. The molecule has 1 aliphatic carbocycles. The molecule has 9 heteroatoms. The number of rotatable bonds is 5. The minimum Gasteiger partial charge on any atom is -0.338 e. The summed E-state index contributed by atoms with van der Waals surface area (Å²) in [5, 5.41) is 4.65. The highest BCUT2D eigenvalue weighted by Gasteiger charge is 2.30. The zero-order chi connectivity index (χ0) is 20.8. The number of hydrogen-bond donors (Lipinski definition) is 0. The molecule has 0 N–H and O–H groups in total. The van der Waals surface area contributed by atoms with Crippen molar-refractivity contribution in [2.24, 2.45) is 0 Å². The molecule has 6 nitrogen and oxygen atoms in total. The summed E-state index contributed by atoms with van der Waals surface area (Å²) in [6.45, 7) is 1.91. The molecule has 2 aromatic carbocycles. The maximum absolute atomic E-state index is 13.7. The van der Waals surface area contributed by atoms with Gasteiger partial charge in [-0.15, -0.1) is 0 Å². The van der Waals surface area contributed by atoms with Crippen molar-refractivity contribution < 1.29 is 8.91 Å². The highest BCUT2D eigenvalue weighted by Crippen LogP contribution is 2.40. The van der Waals surface area contributed by atoms with Crippen molar-refractivity contribution in [1.29, 1.82) is 0 Å². The number of aromatic nitrogens is 4. The normalized spacial score (nSPS) is 14.9. The summed E-state index contributed by atoms with van der Waals surface area (Å²) >= 11 is 7.30. The van der Waals surface area contributed by atoms with Gasteiger partial charge in [0.2, 0.25) is 5.89 Å². The van der Waals surface area contributed by atoms with E-state index in [0.29, 0.717) is 33.6 Å². The van der Waals surface area contributed by atoms with Gasteiger partial charge in [-0.2, -0.15) is 4.98 Å². The molecule has 1 aliphatic rings. The van der Waals surface area contributed by atoms with Gasteiger partial charge in [-0.1, -0.05) is 40.7 Å². The lowest BCUT2D eigenvalue weighted by Gasteiger charge is -2.15. The fraction of sp³-hybridized carbons (Fsp3) is 0.238. The number of fused-ring (bicyclic) bond motifs is 1. The van der Waals surface area contributed by atoms with E-state index in [1.165, 1.54) is 34.5 Å². The molecule has 5 rings (SSSR count). The van der Waals surface area contributed by atoms with Crippen molar-refractivity contribution in [3.63, 3.8) is 0 Å². The summed E-state index contributed by atoms with van der Waals surface area (Å²) in [7, 11) is 0. The third-order valence-corrected chi connectivity index (χ3v) is 6.27. The third kappa shape index (κ3) is 3.50. The first-order valence-corrected chi connectivity index (χ1v) is 10.7. The van der Waals surface area contributed by atoms with Crippen molar-refractivity contribution in [1.82, 2.24) is 19.7 Å². The molecular weight excluding hydrogens is 427 g/mol. The lowest BCUT2D eigenvalue weighted by Crippen LogP contribution is -2.22. The van der Waals surface area contributed by atoms with E-state index in [9.17, 15) is 9.18 Å². The van der Waals surface area contributed by atoms with Crippen LogP contribution in [-0.2, 0) is 0 Å². The minimum atomic E-state index is -0.553. The van der Waals surface area contributed by atoms with Gasteiger partial charge >= 0.3 is 0 Å². The Morgan fingerprint density at radius 1 is 1.23 bits per heavy atom. The van der Waals surface area contributed by atoms with Gasteiger partial charge in [0.05, 0.1) is 26.9 Å². The average Bonchev–Trinajstić information content (AvgIpc) is 3.47. The van der Waals surface area contributed by atoms with E-state index < -0.39 is 5.82 Å². The molecule has 0 aliphatic heterocycles. The van der Waals surface area contributed by atoms with Gasteiger partial charge in [0.1, 0.15) is 5.82 Å². The Balaban J connectivity index is 1.61. The van der Waals surface area contributed by atoms with Gasteiger partial charge in [-0.05, 0) is 50.1 Å². The van der Waals surface area contributed by atoms with Crippen molar-refractivity contribution in [2.45, 2.75) is 36.1 Å². The molecule has 1 fully saturated rings. The highest BCUT2D eigenvalue weighted by atomic mass is 35.5. The molecular formula is C21H16ClFN4O2S. The molecule has 2 aromatic heterocycles. The summed E-state index contributed by atoms with van der Waals surface area (Å²) in [6, 6.07) is 11.3. The second kappa shape index (κ2) is 7.52. The predicted octanol–water partition coefficient (Wildman–Crippen LogP) is 5.29. The van der Waals surface area contributed by atoms with Crippen LogP contribution in [0.2, 0.25) is 5.02 Å². The molecule has 0 radical (unpaired) electrons. The SMILES string of the molecule is CC(Sc1nc2ccccc2c(=O)n1-c1ccc(F)c(Cl)c1)c1nc(C2CC2)no1. The van der Waals surface area contributed by atoms with E-state index in [0.717, 1.165) is 18.7 Å². The molecule has 0 spiro atoms. The first-order chi connectivity index (χ1) is 14.5. The van der Waals surface area contributed by atoms with E-state index in [2.05, 4.69) is 15.1 Å². The second-order valence-corrected chi connectivity index (χ2v) is 8.89. The monoisotopic (exact) mass is 442 g/mol. The van der Waals surface area contributed by atoms with Gasteiger partial charge in [0, 0.05) is 5.92 Å². The second-order valence-electron chi connectivity index (χ2n) is 7.18. The van der Waals surface area contributed by atoms with Crippen LogP contribution in [0, 0.1) is 5.82 Å². The van der Waals surface area contributed by atoms with Crippen LogP contribution in [-0.4, -0.2) is 19.7 Å². The maximum Gasteiger partial charge on any atom is 0.266 e. The van der Waals surface area contributed by atoms with Crippen molar-refractivity contribution in [2.75, 3.05) is 0 Å². The molecule has 1 unspecified atom stereocenters. The highest BCUT2D eigenvalue weighted by molar-refractivity contribution is 7.99. The Hall–Kier alpha value is -2.71. The number of halogens is 2. The van der Waals surface area contributed by atoms with Crippen LogP contribution in [0.5, 0.6) is 0 Å². The van der Waals surface area contributed by atoms with Crippen molar-refractivity contribution in [3.05, 3.63) is 75.4 Å². The van der Waals surface area contributed by atoms with Crippen LogP contribution in [0.3, 0.4) is 0 Å². The summed E-state index contributed by atoms with van der Waals surface area (Å²) in [5.74, 6) is 1.04. The Morgan fingerprint density at radius 2 is 2.03 bits per heavy atom. The Morgan fingerprint density at radius 3 is 2.80 bits per heavy atom. The summed E-state index contributed by atoms with van der Waals surface area (Å²) in [4.78, 5) is 22.5. The molecule has 2 heterocycles. The number of para-hydroxylation sites is 1. The van der Waals surface area contributed by atoms with Crippen molar-refractivity contribution >= 4 is 34.3 Å². The Kier molecular flexibility index (Phi) is 4.83. The van der Waals surface area contributed by atoms with Crippen LogP contribution in [0.15, 0.2) is 56.9 Å². The van der Waals surface area contributed by atoms with Gasteiger partial charge in [-0.3, -0.25) is 9.36 Å². The van der Waals surface area contributed by atoms with E-state index in [1.807, 2.05) is 13.0 Å². The standard InChI is InChI=1S/C21H16ClFN4O2S/c1-11(19-25-18(26-29-19)12-6-7-12)30-21-24-17-5-3-2-4-14(17)20(28)27(21)13-8-9-16(23)15(22)10-13/h2-5,8-12H,6-7H2,1H3. The van der Waals surface area contributed by atoms with E-state index in [4.69, 9.17) is 16.1 Å². The quantitative estimate of drug-likeness (QED) is 0.309. The van der Waals surface area contributed by atoms with Crippen molar-refractivity contribution in [3.8, 4) is 5.69 Å². The van der Waals surface area contributed by atoms with Crippen LogP contribution >= 0.6 is 23.4 Å². The molecule has 0 amide bonds. The number of hydrogen-bond acceptors (Lipinski definition) is 6. The van der Waals surface area contributed by atoms with E-state index in [-0.39, 0.29) is 15.8 Å². The number of nitrogens with zero attached hydrogens (tertiary/aromatic N) is 4. The lowest BCUT2D eigenvalue weighted by molar-refractivity contribution is 0.374. The fourth-order valence-electron chi connectivity index (χ4n) is 3.17. The maximum atomic E-state index is 13.7. The van der Waals surface area contributed by atoms with Crippen LogP contribution in [0.4, 0.5) is 4.39 Å². The zero-order valence-electron chi connectivity index (χ0n) is 15.9. The third-order valence-electron chi connectivity index (χ3n) is 4.94. The fourth-order valence-corrected chi connectivity index (χ4v) is 4.30. The topological polar surface area (TPSA) is 73.8 Å². The molecule has 30 heavy (non-hydrogen) atoms. The van der Waals surface area contributed by atoms with Gasteiger partial charge in [0.15, 0.2) is 11.0 Å². The molecule has 152 valence electrons. The average molecular weight is 443 g/mol. The smallest absolute Gasteiger partial charge is 0.266 e. The van der Waals surface area contributed by atoms with E-state index >= 15 is 0 Å². The molecule has 4 aromatic rings. The summed E-state index contributed by atoms with van der Waals surface area (Å²) in [5.41, 5.74) is 0.747. The van der Waals surface area contributed by atoms with Crippen LogP contribution in [0.1, 0.15) is 42.6 Å². The van der Waals surface area contributed by atoms with Crippen LogP contribution in [0.25, 0.3) is 16.6 Å². The largest absolute Gasteiger partial charge is 0.338 e. The molecule has 0 saturated heterocycles. The zero-order valence-corrected chi connectivity index (χ0v) is 17.5. The van der Waals surface area contributed by atoms with Gasteiger partial charge in [0.25, 0.3) is 5.56 Å². The first kappa shape index (κ1) is 19.3. The number of thioether (sulfide) groups is 1.